The van der Waals surface area contributed by atoms with Crippen molar-refractivity contribution in [1.82, 2.24) is 0 Å². The van der Waals surface area contributed by atoms with Crippen molar-refractivity contribution < 1.29 is 17.2 Å². The number of guanidine groups is 1. The van der Waals surface area contributed by atoms with Crippen molar-refractivity contribution in [3.05, 3.63) is 29.8 Å². The van der Waals surface area contributed by atoms with Gasteiger partial charge in [-0.05, 0) is 25.0 Å². The molecule has 0 amide bonds. The molecular formula is C14H19F2N3O2S. The Bertz CT molecular complexity index is 683. The molecule has 0 heterocycles. The minimum Gasteiger partial charge on any atom is -0.370 e. The van der Waals surface area contributed by atoms with Crippen LogP contribution in [0.15, 0.2) is 23.2 Å². The summed E-state index contributed by atoms with van der Waals surface area (Å²) in [6.45, 7) is 0.0155. The molecule has 22 heavy (non-hydrogen) atoms. The minimum atomic E-state index is -3.27. The second-order valence-corrected chi connectivity index (χ2v) is 8.02. The molecule has 1 aromatic rings. The Morgan fingerprint density at radius 2 is 2.00 bits per heavy atom. The molecule has 1 fully saturated rings. The Hall–Kier alpha value is -1.70. The molecule has 0 radical (unpaired) electrons. The van der Waals surface area contributed by atoms with E-state index < -0.39 is 26.2 Å². The van der Waals surface area contributed by atoms with E-state index in [4.69, 9.17) is 5.73 Å². The van der Waals surface area contributed by atoms with Gasteiger partial charge in [0.1, 0.15) is 11.6 Å². The van der Waals surface area contributed by atoms with E-state index >= 15 is 0 Å². The summed E-state index contributed by atoms with van der Waals surface area (Å²) in [6, 6.07) is 2.92. The number of hydrogen-bond donors (Lipinski definition) is 2. The lowest BCUT2D eigenvalue weighted by molar-refractivity contribution is 0.521. The van der Waals surface area contributed by atoms with Gasteiger partial charge in [0.25, 0.3) is 0 Å². The fraction of sp³-hybridized carbons (Fsp3) is 0.500. The summed E-state index contributed by atoms with van der Waals surface area (Å²) in [5, 5.41) is 2.46. The molecule has 0 atom stereocenters. The quantitative estimate of drug-likeness (QED) is 0.653. The van der Waals surface area contributed by atoms with Gasteiger partial charge in [-0.25, -0.2) is 17.2 Å². The third-order valence-electron chi connectivity index (χ3n) is 4.03. The third kappa shape index (κ3) is 3.55. The molecule has 8 heteroatoms. The molecule has 1 aliphatic rings. The van der Waals surface area contributed by atoms with Crippen molar-refractivity contribution in [1.29, 1.82) is 0 Å². The largest absolute Gasteiger partial charge is 0.370 e. The molecule has 2 rings (SSSR count). The number of anilines is 1. The summed E-state index contributed by atoms with van der Waals surface area (Å²) < 4.78 is 49.6. The number of nitrogens with one attached hydrogen (secondary N) is 1. The average Bonchev–Trinajstić information content (AvgIpc) is 2.90. The monoisotopic (exact) mass is 331 g/mol. The Balaban J connectivity index is 2.14. The molecule has 0 saturated heterocycles. The second kappa shape index (κ2) is 6.20. The summed E-state index contributed by atoms with van der Waals surface area (Å²) in [5.41, 5.74) is 5.52. The van der Waals surface area contributed by atoms with E-state index in [0.29, 0.717) is 12.8 Å². The van der Waals surface area contributed by atoms with Gasteiger partial charge in [-0.15, -0.1) is 0 Å². The van der Waals surface area contributed by atoms with Gasteiger partial charge in [0.05, 0.1) is 17.0 Å². The summed E-state index contributed by atoms with van der Waals surface area (Å²) >= 11 is 0. The molecule has 0 aliphatic heterocycles. The average molecular weight is 331 g/mol. The van der Waals surface area contributed by atoms with Crippen molar-refractivity contribution in [3.8, 4) is 0 Å². The summed E-state index contributed by atoms with van der Waals surface area (Å²) in [7, 11) is -3.27. The smallest absolute Gasteiger partial charge is 0.193 e. The molecule has 0 spiro atoms. The van der Waals surface area contributed by atoms with Gasteiger partial charge in [-0.3, -0.25) is 4.99 Å². The van der Waals surface area contributed by atoms with E-state index in [1.165, 1.54) is 6.26 Å². The van der Waals surface area contributed by atoms with E-state index in [1.807, 2.05) is 0 Å². The lowest BCUT2D eigenvalue weighted by Gasteiger charge is -2.24. The maximum atomic E-state index is 13.5. The van der Waals surface area contributed by atoms with Crippen LogP contribution in [-0.2, 0) is 9.84 Å². The fourth-order valence-electron chi connectivity index (χ4n) is 2.67. The van der Waals surface area contributed by atoms with Crippen LogP contribution in [-0.4, -0.2) is 31.9 Å². The molecular weight excluding hydrogens is 312 g/mol. The molecule has 0 aromatic heterocycles. The van der Waals surface area contributed by atoms with Crippen LogP contribution in [0.2, 0.25) is 0 Å². The number of nitrogens with zero attached hydrogens (tertiary/aromatic N) is 1. The van der Waals surface area contributed by atoms with E-state index in [0.717, 1.165) is 31.0 Å². The van der Waals surface area contributed by atoms with Crippen LogP contribution in [0.3, 0.4) is 0 Å². The van der Waals surface area contributed by atoms with E-state index in [-0.39, 0.29) is 18.2 Å². The maximum Gasteiger partial charge on any atom is 0.193 e. The first-order chi connectivity index (χ1) is 10.2. The first-order valence-electron chi connectivity index (χ1n) is 6.95. The van der Waals surface area contributed by atoms with Crippen molar-refractivity contribution in [2.75, 3.05) is 18.1 Å². The van der Waals surface area contributed by atoms with Crippen LogP contribution in [0, 0.1) is 11.6 Å². The SMILES string of the molecule is CS(=O)(=O)C1(CN=C(N)Nc2cc(F)ccc2F)CCCC1. The van der Waals surface area contributed by atoms with Crippen molar-refractivity contribution in [2.45, 2.75) is 30.4 Å². The predicted octanol–water partition coefficient (Wildman–Crippen LogP) is 2.05. The Morgan fingerprint density at radius 1 is 1.36 bits per heavy atom. The first kappa shape index (κ1) is 16.7. The van der Waals surface area contributed by atoms with E-state index in [9.17, 15) is 17.2 Å². The van der Waals surface area contributed by atoms with Crippen LogP contribution in [0.25, 0.3) is 0 Å². The molecule has 0 bridgehead atoms. The summed E-state index contributed by atoms with van der Waals surface area (Å²) in [6.07, 6.45) is 3.93. The van der Waals surface area contributed by atoms with E-state index in [2.05, 4.69) is 10.3 Å². The number of nitrogens with two attached hydrogens (primary N) is 1. The van der Waals surface area contributed by atoms with Gasteiger partial charge in [-0.1, -0.05) is 12.8 Å². The van der Waals surface area contributed by atoms with Gasteiger partial charge in [0.2, 0.25) is 0 Å². The van der Waals surface area contributed by atoms with Crippen LogP contribution < -0.4 is 11.1 Å². The molecule has 1 saturated carbocycles. The van der Waals surface area contributed by atoms with Gasteiger partial charge < -0.3 is 11.1 Å². The fourth-order valence-corrected chi connectivity index (χ4v) is 3.99. The number of sulfone groups is 1. The number of aliphatic imine (C=N–C) groups is 1. The predicted molar refractivity (Wildman–Crippen MR) is 82.5 cm³/mol. The molecule has 122 valence electrons. The maximum absolute atomic E-state index is 13.5. The molecule has 1 aromatic carbocycles. The zero-order valence-electron chi connectivity index (χ0n) is 12.3. The lowest BCUT2D eigenvalue weighted by Crippen LogP contribution is -2.39. The number of benzene rings is 1. The van der Waals surface area contributed by atoms with Crippen LogP contribution in [0.5, 0.6) is 0 Å². The van der Waals surface area contributed by atoms with E-state index in [1.54, 1.807) is 0 Å². The number of hydrogen-bond acceptors (Lipinski definition) is 3. The highest BCUT2D eigenvalue weighted by molar-refractivity contribution is 7.92. The molecule has 3 N–H and O–H groups in total. The summed E-state index contributed by atoms with van der Waals surface area (Å²) in [4.78, 5) is 4.03. The molecule has 1 aliphatic carbocycles. The van der Waals surface area contributed by atoms with Crippen LogP contribution in [0.4, 0.5) is 14.5 Å². The van der Waals surface area contributed by atoms with Crippen LogP contribution >= 0.6 is 0 Å². The Kier molecular flexibility index (Phi) is 4.69. The van der Waals surface area contributed by atoms with Crippen molar-refractivity contribution in [2.24, 2.45) is 10.7 Å². The highest BCUT2D eigenvalue weighted by Crippen LogP contribution is 2.36. The Morgan fingerprint density at radius 3 is 2.59 bits per heavy atom. The lowest BCUT2D eigenvalue weighted by atomic mass is 10.1. The van der Waals surface area contributed by atoms with Gasteiger partial charge >= 0.3 is 0 Å². The number of rotatable bonds is 4. The van der Waals surface area contributed by atoms with Gasteiger partial charge in [-0.2, -0.15) is 0 Å². The van der Waals surface area contributed by atoms with Crippen LogP contribution in [0.1, 0.15) is 25.7 Å². The third-order valence-corrected chi connectivity index (χ3v) is 6.14. The van der Waals surface area contributed by atoms with Gasteiger partial charge in [0, 0.05) is 12.3 Å². The first-order valence-corrected chi connectivity index (χ1v) is 8.84. The standard InChI is InChI=1S/C14H19F2N3O2S/c1-22(20,21)14(6-2-3-7-14)9-18-13(17)19-12-8-10(15)4-5-11(12)16/h4-5,8H,2-3,6-7,9H2,1H3,(H3,17,18,19). The topological polar surface area (TPSA) is 84.5 Å². The Labute approximate surface area is 128 Å². The molecule has 5 nitrogen and oxygen atoms in total. The zero-order chi connectivity index (χ0) is 16.4. The normalized spacial score (nSPS) is 18.4. The van der Waals surface area contributed by atoms with Crippen molar-refractivity contribution >= 4 is 21.5 Å². The zero-order valence-corrected chi connectivity index (χ0v) is 13.1. The molecule has 0 unspecified atom stereocenters. The van der Waals surface area contributed by atoms with Gasteiger partial charge in [0.15, 0.2) is 15.8 Å². The second-order valence-electron chi connectivity index (χ2n) is 5.61. The number of halogens is 2. The summed E-state index contributed by atoms with van der Waals surface area (Å²) in [5.74, 6) is -1.42. The highest BCUT2D eigenvalue weighted by Gasteiger charge is 2.43. The highest BCUT2D eigenvalue weighted by atomic mass is 32.2. The minimum absolute atomic E-state index is 0.0155. The van der Waals surface area contributed by atoms with Crippen molar-refractivity contribution in [3.63, 3.8) is 0 Å².